The second-order valence-corrected chi connectivity index (χ2v) is 4.36. The lowest BCUT2D eigenvalue weighted by Gasteiger charge is -2.18. The van der Waals surface area contributed by atoms with Gasteiger partial charge < -0.3 is 15.0 Å². The Morgan fingerprint density at radius 1 is 1.24 bits per heavy atom. The quantitative estimate of drug-likeness (QED) is 0.700. The molecule has 3 nitrogen and oxygen atoms in total. The SMILES string of the molecule is CNCCCCN(C)Cc1ccccc1OC. The monoisotopic (exact) mass is 236 g/mol. The molecule has 1 rings (SSSR count). The highest BCUT2D eigenvalue weighted by atomic mass is 16.5. The van der Waals surface area contributed by atoms with Crippen LogP contribution in [0.3, 0.4) is 0 Å². The Labute approximate surface area is 105 Å². The van der Waals surface area contributed by atoms with Crippen LogP contribution in [0, 0.1) is 0 Å². The number of unbranched alkanes of at least 4 members (excludes halogenated alkanes) is 1. The third-order valence-corrected chi connectivity index (χ3v) is 2.85. The van der Waals surface area contributed by atoms with Gasteiger partial charge in [-0.15, -0.1) is 0 Å². The van der Waals surface area contributed by atoms with E-state index in [-0.39, 0.29) is 0 Å². The van der Waals surface area contributed by atoms with Crippen LogP contribution in [0.25, 0.3) is 0 Å². The molecule has 0 amide bonds. The molecule has 0 aromatic heterocycles. The number of nitrogens with zero attached hydrogens (tertiary/aromatic N) is 1. The van der Waals surface area contributed by atoms with Gasteiger partial charge in [0.15, 0.2) is 0 Å². The van der Waals surface area contributed by atoms with Crippen LogP contribution >= 0.6 is 0 Å². The maximum Gasteiger partial charge on any atom is 0.123 e. The van der Waals surface area contributed by atoms with Crippen LogP contribution in [0.2, 0.25) is 0 Å². The Hall–Kier alpha value is -1.06. The van der Waals surface area contributed by atoms with Crippen molar-refractivity contribution in [2.75, 3.05) is 34.3 Å². The van der Waals surface area contributed by atoms with Crippen molar-refractivity contribution in [1.29, 1.82) is 0 Å². The Balaban J connectivity index is 2.36. The summed E-state index contributed by atoms with van der Waals surface area (Å²) < 4.78 is 5.35. The predicted octanol–water partition coefficient (Wildman–Crippen LogP) is 2.13. The molecule has 96 valence electrons. The van der Waals surface area contributed by atoms with E-state index in [0.717, 1.165) is 25.4 Å². The minimum absolute atomic E-state index is 0.948. The summed E-state index contributed by atoms with van der Waals surface area (Å²) >= 11 is 0. The fraction of sp³-hybridized carbons (Fsp3) is 0.571. The minimum Gasteiger partial charge on any atom is -0.496 e. The molecular weight excluding hydrogens is 212 g/mol. The number of ether oxygens (including phenoxy) is 1. The van der Waals surface area contributed by atoms with E-state index in [2.05, 4.69) is 29.4 Å². The van der Waals surface area contributed by atoms with Crippen LogP contribution in [-0.2, 0) is 6.54 Å². The van der Waals surface area contributed by atoms with Crippen molar-refractivity contribution < 1.29 is 4.74 Å². The molecule has 0 spiro atoms. The molecule has 0 unspecified atom stereocenters. The summed E-state index contributed by atoms with van der Waals surface area (Å²) in [4.78, 5) is 2.34. The number of rotatable bonds is 8. The fourth-order valence-electron chi connectivity index (χ4n) is 1.89. The molecule has 1 aromatic rings. The van der Waals surface area contributed by atoms with E-state index in [1.165, 1.54) is 18.4 Å². The first-order chi connectivity index (χ1) is 8.27. The van der Waals surface area contributed by atoms with E-state index in [9.17, 15) is 0 Å². The lowest BCUT2D eigenvalue weighted by molar-refractivity contribution is 0.310. The maximum absolute atomic E-state index is 5.35. The van der Waals surface area contributed by atoms with Crippen LogP contribution in [-0.4, -0.2) is 39.2 Å². The zero-order chi connectivity index (χ0) is 12.5. The van der Waals surface area contributed by atoms with Gasteiger partial charge in [0.25, 0.3) is 0 Å². The minimum atomic E-state index is 0.948. The zero-order valence-corrected chi connectivity index (χ0v) is 11.2. The smallest absolute Gasteiger partial charge is 0.123 e. The Morgan fingerprint density at radius 2 is 2.00 bits per heavy atom. The highest BCUT2D eigenvalue weighted by molar-refractivity contribution is 5.32. The number of para-hydroxylation sites is 1. The summed E-state index contributed by atoms with van der Waals surface area (Å²) in [5, 5.41) is 3.17. The second-order valence-electron chi connectivity index (χ2n) is 4.36. The molecule has 0 bridgehead atoms. The van der Waals surface area contributed by atoms with Crippen molar-refractivity contribution in [1.82, 2.24) is 10.2 Å². The first-order valence-electron chi connectivity index (χ1n) is 6.23. The highest BCUT2D eigenvalue weighted by Crippen LogP contribution is 2.18. The van der Waals surface area contributed by atoms with Crippen molar-refractivity contribution in [2.45, 2.75) is 19.4 Å². The molecule has 0 radical (unpaired) electrons. The summed E-state index contributed by atoms with van der Waals surface area (Å²) in [6, 6.07) is 8.22. The molecule has 1 aromatic carbocycles. The first-order valence-corrected chi connectivity index (χ1v) is 6.23. The maximum atomic E-state index is 5.35. The third kappa shape index (κ3) is 5.20. The van der Waals surface area contributed by atoms with Gasteiger partial charge in [-0.25, -0.2) is 0 Å². The van der Waals surface area contributed by atoms with Crippen LogP contribution in [0.4, 0.5) is 0 Å². The molecule has 0 saturated carbocycles. The topological polar surface area (TPSA) is 24.5 Å². The van der Waals surface area contributed by atoms with Crippen molar-refractivity contribution in [3.8, 4) is 5.75 Å². The van der Waals surface area contributed by atoms with Gasteiger partial charge in [-0.05, 0) is 46.1 Å². The Morgan fingerprint density at radius 3 is 2.71 bits per heavy atom. The van der Waals surface area contributed by atoms with Crippen molar-refractivity contribution in [3.05, 3.63) is 29.8 Å². The van der Waals surface area contributed by atoms with Gasteiger partial charge in [-0.2, -0.15) is 0 Å². The Kier molecular flexibility index (Phi) is 6.67. The largest absolute Gasteiger partial charge is 0.496 e. The van der Waals surface area contributed by atoms with E-state index in [1.54, 1.807) is 7.11 Å². The van der Waals surface area contributed by atoms with Gasteiger partial charge in [0.2, 0.25) is 0 Å². The molecule has 0 aliphatic heterocycles. The van der Waals surface area contributed by atoms with Crippen molar-refractivity contribution >= 4 is 0 Å². The van der Waals surface area contributed by atoms with Crippen LogP contribution < -0.4 is 10.1 Å². The van der Waals surface area contributed by atoms with Gasteiger partial charge >= 0.3 is 0 Å². The fourth-order valence-corrected chi connectivity index (χ4v) is 1.89. The van der Waals surface area contributed by atoms with Crippen molar-refractivity contribution in [3.63, 3.8) is 0 Å². The lowest BCUT2D eigenvalue weighted by atomic mass is 10.2. The Bertz CT molecular complexity index is 315. The zero-order valence-electron chi connectivity index (χ0n) is 11.2. The molecular formula is C14H24N2O. The molecule has 3 heteroatoms. The molecule has 0 aliphatic rings. The molecule has 0 heterocycles. The van der Waals surface area contributed by atoms with Gasteiger partial charge in [0.1, 0.15) is 5.75 Å². The molecule has 1 N–H and O–H groups in total. The summed E-state index contributed by atoms with van der Waals surface area (Å²) in [5.74, 6) is 0.981. The van der Waals surface area contributed by atoms with Crippen molar-refractivity contribution in [2.24, 2.45) is 0 Å². The summed E-state index contributed by atoms with van der Waals surface area (Å²) in [5.41, 5.74) is 1.26. The van der Waals surface area contributed by atoms with E-state index in [4.69, 9.17) is 4.74 Å². The summed E-state index contributed by atoms with van der Waals surface area (Å²) in [7, 11) is 5.89. The van der Waals surface area contributed by atoms with Crippen LogP contribution in [0.15, 0.2) is 24.3 Å². The van der Waals surface area contributed by atoms with Gasteiger partial charge in [-0.1, -0.05) is 18.2 Å². The second kappa shape index (κ2) is 8.09. The number of hydrogen-bond donors (Lipinski definition) is 1. The summed E-state index contributed by atoms with van der Waals surface area (Å²) in [6.07, 6.45) is 2.46. The molecule has 0 atom stereocenters. The van der Waals surface area contributed by atoms with E-state index >= 15 is 0 Å². The lowest BCUT2D eigenvalue weighted by Crippen LogP contribution is -2.20. The highest BCUT2D eigenvalue weighted by Gasteiger charge is 2.04. The van der Waals surface area contributed by atoms with Crippen LogP contribution in [0.5, 0.6) is 5.75 Å². The van der Waals surface area contributed by atoms with Gasteiger partial charge in [-0.3, -0.25) is 0 Å². The molecule has 17 heavy (non-hydrogen) atoms. The van der Waals surface area contributed by atoms with Gasteiger partial charge in [0, 0.05) is 12.1 Å². The third-order valence-electron chi connectivity index (χ3n) is 2.85. The standard InChI is InChI=1S/C14H24N2O/c1-15-10-6-7-11-16(2)12-13-8-4-5-9-14(13)17-3/h4-5,8-9,15H,6-7,10-12H2,1-3H3. The van der Waals surface area contributed by atoms with Crippen LogP contribution in [0.1, 0.15) is 18.4 Å². The number of benzene rings is 1. The summed E-state index contributed by atoms with van der Waals surface area (Å²) in [6.45, 7) is 3.17. The molecule has 0 fully saturated rings. The predicted molar refractivity (Wildman–Crippen MR) is 72.5 cm³/mol. The first kappa shape index (κ1) is 14.0. The van der Waals surface area contributed by atoms with E-state index in [0.29, 0.717) is 0 Å². The number of nitrogens with one attached hydrogen (secondary N) is 1. The average molecular weight is 236 g/mol. The normalized spacial score (nSPS) is 10.8. The molecule has 0 saturated heterocycles. The molecule has 0 aliphatic carbocycles. The van der Waals surface area contributed by atoms with Gasteiger partial charge in [0.05, 0.1) is 7.11 Å². The average Bonchev–Trinajstić information content (AvgIpc) is 2.35. The van der Waals surface area contributed by atoms with E-state index < -0.39 is 0 Å². The number of methoxy groups -OCH3 is 1. The number of hydrogen-bond acceptors (Lipinski definition) is 3. The van der Waals surface area contributed by atoms with E-state index in [1.807, 2.05) is 19.2 Å².